The summed E-state index contributed by atoms with van der Waals surface area (Å²) in [5.74, 6) is 0.563. The maximum Gasteiger partial charge on any atom is 0.262 e. The van der Waals surface area contributed by atoms with Crippen LogP contribution in [0.2, 0.25) is 5.15 Å². The summed E-state index contributed by atoms with van der Waals surface area (Å²) in [6, 6.07) is 9.28. The zero-order chi connectivity index (χ0) is 13.9. The first kappa shape index (κ1) is 13.6. The van der Waals surface area contributed by atoms with E-state index in [0.29, 0.717) is 11.4 Å². The molecule has 1 aromatic heterocycles. The summed E-state index contributed by atoms with van der Waals surface area (Å²) < 4.78 is 31.7. The normalized spacial score (nSPS) is 11.1. The summed E-state index contributed by atoms with van der Waals surface area (Å²) in [5, 5.41) is 0.119. The molecule has 0 amide bonds. The molecule has 0 atom stereocenters. The predicted molar refractivity (Wildman–Crippen MR) is 73.0 cm³/mol. The van der Waals surface area contributed by atoms with Gasteiger partial charge in [-0.3, -0.25) is 4.72 Å². The van der Waals surface area contributed by atoms with Gasteiger partial charge in [-0.2, -0.15) is 0 Å². The van der Waals surface area contributed by atoms with Crippen molar-refractivity contribution in [1.29, 1.82) is 0 Å². The molecule has 0 saturated heterocycles. The van der Waals surface area contributed by atoms with E-state index in [-0.39, 0.29) is 10.0 Å². The summed E-state index contributed by atoms with van der Waals surface area (Å²) in [4.78, 5) is 3.79. The van der Waals surface area contributed by atoms with E-state index in [1.807, 2.05) is 0 Å². The molecule has 0 aliphatic carbocycles. The summed E-state index contributed by atoms with van der Waals surface area (Å²) in [7, 11) is -2.18. The van der Waals surface area contributed by atoms with Gasteiger partial charge >= 0.3 is 0 Å². The Labute approximate surface area is 116 Å². The van der Waals surface area contributed by atoms with Gasteiger partial charge in [0.25, 0.3) is 10.0 Å². The fourth-order valence-corrected chi connectivity index (χ4v) is 2.75. The second-order valence-electron chi connectivity index (χ2n) is 3.65. The number of pyridine rings is 1. The summed E-state index contributed by atoms with van der Waals surface area (Å²) in [5.41, 5.74) is 0.410. The molecule has 0 fully saturated rings. The Kier molecular flexibility index (Phi) is 3.92. The van der Waals surface area contributed by atoms with Crippen molar-refractivity contribution in [3.63, 3.8) is 0 Å². The van der Waals surface area contributed by atoms with E-state index in [1.54, 1.807) is 24.3 Å². The monoisotopic (exact) mass is 298 g/mol. The van der Waals surface area contributed by atoms with Gasteiger partial charge in [0.05, 0.1) is 17.7 Å². The summed E-state index contributed by atoms with van der Waals surface area (Å²) in [6.45, 7) is 0. The molecule has 7 heteroatoms. The fourth-order valence-electron chi connectivity index (χ4n) is 1.45. The minimum absolute atomic E-state index is 0.0512. The predicted octanol–water partition coefficient (Wildman–Crippen LogP) is 2.54. The number of hydrogen-bond acceptors (Lipinski definition) is 4. The van der Waals surface area contributed by atoms with Gasteiger partial charge in [-0.15, -0.1) is 0 Å². The van der Waals surface area contributed by atoms with Gasteiger partial charge in [-0.25, -0.2) is 13.4 Å². The first-order valence-corrected chi connectivity index (χ1v) is 7.16. The zero-order valence-corrected chi connectivity index (χ0v) is 11.6. The third-order valence-electron chi connectivity index (χ3n) is 2.33. The van der Waals surface area contributed by atoms with Gasteiger partial charge in [0.1, 0.15) is 10.9 Å². The van der Waals surface area contributed by atoms with Gasteiger partial charge < -0.3 is 4.74 Å². The van der Waals surface area contributed by atoms with E-state index >= 15 is 0 Å². The molecule has 0 bridgehead atoms. The second-order valence-corrected chi connectivity index (χ2v) is 5.72. The zero-order valence-electron chi connectivity index (χ0n) is 10.00. The van der Waals surface area contributed by atoms with E-state index in [4.69, 9.17) is 16.3 Å². The first-order chi connectivity index (χ1) is 9.01. The van der Waals surface area contributed by atoms with Crippen LogP contribution in [0.4, 0.5) is 5.69 Å². The van der Waals surface area contributed by atoms with Crippen LogP contribution in [0.25, 0.3) is 0 Å². The van der Waals surface area contributed by atoms with E-state index in [9.17, 15) is 8.42 Å². The first-order valence-electron chi connectivity index (χ1n) is 5.30. The molecule has 100 valence electrons. The van der Waals surface area contributed by atoms with Crippen molar-refractivity contribution < 1.29 is 13.2 Å². The Morgan fingerprint density at radius 1 is 1.26 bits per heavy atom. The van der Waals surface area contributed by atoms with Gasteiger partial charge in [-0.05, 0) is 24.3 Å². The molecule has 5 nitrogen and oxygen atoms in total. The fraction of sp³-hybridized carbons (Fsp3) is 0.0833. The van der Waals surface area contributed by atoms with Crippen LogP contribution in [-0.4, -0.2) is 20.5 Å². The topological polar surface area (TPSA) is 68.3 Å². The van der Waals surface area contributed by atoms with Crippen LogP contribution in [0, 0.1) is 0 Å². The van der Waals surface area contributed by atoms with Gasteiger partial charge in [0, 0.05) is 12.3 Å². The van der Waals surface area contributed by atoms with Crippen molar-refractivity contribution in [3.8, 4) is 5.75 Å². The lowest BCUT2D eigenvalue weighted by atomic mass is 10.3. The van der Waals surface area contributed by atoms with Crippen LogP contribution in [0.3, 0.4) is 0 Å². The molecule has 1 N–H and O–H groups in total. The van der Waals surface area contributed by atoms with Crippen molar-refractivity contribution in [1.82, 2.24) is 4.98 Å². The number of methoxy groups -OCH3 is 1. The van der Waals surface area contributed by atoms with Crippen molar-refractivity contribution >= 4 is 27.3 Å². The molecule has 2 aromatic rings. The van der Waals surface area contributed by atoms with E-state index in [1.165, 1.54) is 25.4 Å². The van der Waals surface area contributed by atoms with Crippen LogP contribution < -0.4 is 9.46 Å². The molecule has 0 unspecified atom stereocenters. The van der Waals surface area contributed by atoms with Crippen LogP contribution in [0.5, 0.6) is 5.75 Å². The quantitative estimate of drug-likeness (QED) is 0.881. The Balaban J connectivity index is 2.31. The lowest BCUT2D eigenvalue weighted by Crippen LogP contribution is -2.13. The highest BCUT2D eigenvalue weighted by molar-refractivity contribution is 7.92. The number of ether oxygens (including phenoxy) is 1. The average Bonchev–Trinajstić information content (AvgIpc) is 2.38. The van der Waals surface area contributed by atoms with Crippen molar-refractivity contribution in [2.24, 2.45) is 0 Å². The molecule has 0 saturated carbocycles. The van der Waals surface area contributed by atoms with E-state index < -0.39 is 10.0 Å². The highest BCUT2D eigenvalue weighted by Gasteiger charge is 2.15. The molecule has 0 aliphatic heterocycles. The largest absolute Gasteiger partial charge is 0.497 e. The number of anilines is 1. The lowest BCUT2D eigenvalue weighted by Gasteiger charge is -2.09. The van der Waals surface area contributed by atoms with Gasteiger partial charge in [0.2, 0.25) is 0 Å². The minimum Gasteiger partial charge on any atom is -0.497 e. The Bertz CT molecular complexity index is 689. The molecule has 0 spiro atoms. The third kappa shape index (κ3) is 3.36. The summed E-state index contributed by atoms with van der Waals surface area (Å²) >= 11 is 5.68. The van der Waals surface area contributed by atoms with E-state index in [0.717, 1.165) is 0 Å². The highest BCUT2D eigenvalue weighted by atomic mass is 35.5. The molecule has 2 rings (SSSR count). The van der Waals surface area contributed by atoms with Crippen LogP contribution in [-0.2, 0) is 10.0 Å². The molecular weight excluding hydrogens is 288 g/mol. The van der Waals surface area contributed by atoms with Crippen molar-refractivity contribution in [3.05, 3.63) is 47.7 Å². The lowest BCUT2D eigenvalue weighted by molar-refractivity contribution is 0.415. The van der Waals surface area contributed by atoms with E-state index in [2.05, 4.69) is 9.71 Å². The Morgan fingerprint density at radius 2 is 2.05 bits per heavy atom. The van der Waals surface area contributed by atoms with Gasteiger partial charge in [0.15, 0.2) is 0 Å². The number of halogens is 1. The second kappa shape index (κ2) is 5.46. The van der Waals surface area contributed by atoms with Crippen LogP contribution in [0.1, 0.15) is 0 Å². The smallest absolute Gasteiger partial charge is 0.262 e. The number of hydrogen-bond donors (Lipinski definition) is 1. The molecule has 0 aliphatic rings. The molecule has 1 aromatic carbocycles. The molecule has 0 radical (unpaired) electrons. The van der Waals surface area contributed by atoms with Crippen molar-refractivity contribution in [2.75, 3.05) is 11.8 Å². The highest BCUT2D eigenvalue weighted by Crippen LogP contribution is 2.21. The maximum absolute atomic E-state index is 12.1. The number of sulfonamides is 1. The average molecular weight is 299 g/mol. The van der Waals surface area contributed by atoms with Gasteiger partial charge in [-0.1, -0.05) is 17.7 Å². The Hall–Kier alpha value is -1.79. The number of benzene rings is 1. The minimum atomic E-state index is -3.69. The molecule has 1 heterocycles. The van der Waals surface area contributed by atoms with Crippen molar-refractivity contribution in [2.45, 2.75) is 4.90 Å². The Morgan fingerprint density at radius 3 is 2.74 bits per heavy atom. The standard InChI is InChI=1S/C12H11ClN2O3S/c1-18-10-4-2-3-9(7-10)15-19(16,17)11-5-6-14-12(13)8-11/h2-8,15H,1H3. The van der Waals surface area contributed by atoms with Crippen LogP contribution >= 0.6 is 11.6 Å². The number of nitrogens with zero attached hydrogens (tertiary/aromatic N) is 1. The number of nitrogens with one attached hydrogen (secondary N) is 1. The SMILES string of the molecule is COc1cccc(NS(=O)(=O)c2ccnc(Cl)c2)c1. The molecule has 19 heavy (non-hydrogen) atoms. The maximum atomic E-state index is 12.1. The van der Waals surface area contributed by atoms with Crippen LogP contribution in [0.15, 0.2) is 47.5 Å². The number of aromatic nitrogens is 1. The number of rotatable bonds is 4. The third-order valence-corrected chi connectivity index (χ3v) is 3.92. The summed E-state index contributed by atoms with van der Waals surface area (Å²) in [6.07, 6.45) is 1.34. The molecular formula is C12H11ClN2O3S.